The number of nitrogens with zero attached hydrogens (tertiary/aromatic N) is 2. The molecule has 2 aliphatic rings. The Morgan fingerprint density at radius 3 is 2.56 bits per heavy atom. The van der Waals surface area contributed by atoms with Crippen LogP contribution in [-0.4, -0.2) is 59.0 Å². The maximum absolute atomic E-state index is 13.1. The normalized spacial score (nSPS) is 21.6. The van der Waals surface area contributed by atoms with Crippen molar-refractivity contribution in [1.29, 1.82) is 5.41 Å². The molecule has 10 nitrogen and oxygen atoms in total. The Balaban J connectivity index is 1.70. The number of esters is 1. The molecule has 2 heterocycles. The molecule has 2 aromatic carbocycles. The molecule has 1 spiro atoms. The number of hydrogen-bond donors (Lipinski definition) is 3. The Bertz CT molecular complexity index is 1370. The molecule has 10 heteroatoms. The van der Waals surface area contributed by atoms with E-state index in [1.165, 1.54) is 14.2 Å². The number of ketones is 1. The van der Waals surface area contributed by atoms with Crippen LogP contribution < -0.4 is 14.4 Å². The van der Waals surface area contributed by atoms with Crippen LogP contribution in [0.2, 0.25) is 0 Å². The lowest BCUT2D eigenvalue weighted by molar-refractivity contribution is -0.150. The molecule has 1 aliphatic heterocycles. The van der Waals surface area contributed by atoms with E-state index in [4.69, 9.17) is 19.6 Å². The first kappa shape index (κ1) is 23.4. The minimum absolute atomic E-state index is 0.0534. The van der Waals surface area contributed by atoms with Crippen LogP contribution in [0.3, 0.4) is 0 Å². The zero-order valence-electron chi connectivity index (χ0n) is 20.1. The summed E-state index contributed by atoms with van der Waals surface area (Å²) in [6, 6.07) is 12.4. The highest BCUT2D eigenvalue weighted by Crippen LogP contribution is 2.52. The highest BCUT2D eigenvalue weighted by molar-refractivity contribution is 6.32. The maximum atomic E-state index is 13.1. The summed E-state index contributed by atoms with van der Waals surface area (Å²) in [5.74, 6) is -1.11. The number of benzene rings is 2. The first-order chi connectivity index (χ1) is 17.3. The van der Waals surface area contributed by atoms with Crippen molar-refractivity contribution in [1.82, 2.24) is 9.97 Å². The van der Waals surface area contributed by atoms with E-state index in [2.05, 4.69) is 9.97 Å². The fourth-order valence-corrected chi connectivity index (χ4v) is 5.11. The number of anilines is 1. The minimum Gasteiger partial charge on any atom is -0.509 e. The number of rotatable bonds is 6. The number of nitrogens with one attached hydrogen (secondary N) is 2. The number of methoxy groups -OCH3 is 2. The third kappa shape index (κ3) is 3.48. The number of H-pyrrole nitrogens is 1. The van der Waals surface area contributed by atoms with Crippen LogP contribution in [0.25, 0.3) is 16.6 Å². The van der Waals surface area contributed by atoms with E-state index >= 15 is 0 Å². The van der Waals surface area contributed by atoms with Crippen molar-refractivity contribution in [3.8, 4) is 11.5 Å². The maximum Gasteiger partial charge on any atom is 0.316 e. The second-order valence-electron chi connectivity index (χ2n) is 8.76. The third-order valence-corrected chi connectivity index (χ3v) is 6.75. The van der Waals surface area contributed by atoms with Crippen LogP contribution in [0.4, 0.5) is 5.69 Å². The van der Waals surface area contributed by atoms with Gasteiger partial charge in [-0.05, 0) is 25.5 Å². The number of aliphatic hydroxyl groups excluding tert-OH is 1. The molecular weight excluding hydrogens is 464 g/mol. The fraction of sp³-hybridized carbons (Fsp3) is 0.308. The average Bonchev–Trinajstić information content (AvgIpc) is 3.51. The van der Waals surface area contributed by atoms with Gasteiger partial charge in [-0.1, -0.05) is 12.1 Å². The lowest BCUT2D eigenvalue weighted by Gasteiger charge is -2.36. The number of amidine groups is 1. The van der Waals surface area contributed by atoms with E-state index in [1.54, 1.807) is 30.0 Å². The third-order valence-electron chi connectivity index (χ3n) is 6.75. The zero-order valence-corrected chi connectivity index (χ0v) is 20.1. The molecule has 3 N–H and O–H groups in total. The molecule has 3 aromatic rings. The van der Waals surface area contributed by atoms with Crippen LogP contribution in [0.15, 0.2) is 48.2 Å². The van der Waals surface area contributed by atoms with Crippen LogP contribution in [-0.2, 0) is 14.3 Å². The number of Topliss-reactive ketones (excluding diaryl/α,β-unsaturated/α-hetero) is 1. The van der Waals surface area contributed by atoms with Gasteiger partial charge >= 0.3 is 5.97 Å². The number of aromatic amines is 1. The molecule has 1 saturated carbocycles. The minimum atomic E-state index is -1.38. The summed E-state index contributed by atoms with van der Waals surface area (Å²) in [7, 11) is 3.02. The Morgan fingerprint density at radius 2 is 1.92 bits per heavy atom. The molecule has 1 aromatic heterocycles. The SMILES string of the molecule is CCOC(=O)C1CC2(CC1=O)C(O)=C(c1nc3ccccc3[nH]1)C(=N)N2c1cc(OC)cc(OC)c1. The van der Waals surface area contributed by atoms with Gasteiger partial charge in [0, 0.05) is 24.6 Å². The van der Waals surface area contributed by atoms with Crippen LogP contribution >= 0.6 is 0 Å². The average molecular weight is 491 g/mol. The lowest BCUT2D eigenvalue weighted by atomic mass is 9.92. The lowest BCUT2D eigenvalue weighted by Crippen LogP contribution is -2.47. The highest BCUT2D eigenvalue weighted by atomic mass is 16.5. The van der Waals surface area contributed by atoms with Crippen molar-refractivity contribution in [2.45, 2.75) is 25.3 Å². The predicted octanol–water partition coefficient (Wildman–Crippen LogP) is 3.63. The monoisotopic (exact) mass is 490 g/mol. The molecule has 2 unspecified atom stereocenters. The van der Waals surface area contributed by atoms with E-state index in [1.807, 2.05) is 24.3 Å². The molecule has 1 aliphatic carbocycles. The molecule has 36 heavy (non-hydrogen) atoms. The van der Waals surface area contributed by atoms with Gasteiger partial charge in [-0.25, -0.2) is 4.98 Å². The van der Waals surface area contributed by atoms with Crippen molar-refractivity contribution < 1.29 is 28.9 Å². The quantitative estimate of drug-likeness (QED) is 0.352. The first-order valence-corrected chi connectivity index (χ1v) is 11.5. The van der Waals surface area contributed by atoms with Gasteiger partial charge in [-0.3, -0.25) is 15.0 Å². The van der Waals surface area contributed by atoms with Crippen molar-refractivity contribution >= 4 is 39.9 Å². The number of fused-ring (bicyclic) bond motifs is 1. The van der Waals surface area contributed by atoms with Gasteiger partial charge in [-0.2, -0.15) is 0 Å². The summed E-state index contributed by atoms with van der Waals surface area (Å²) in [5, 5.41) is 20.8. The number of hydrogen-bond acceptors (Lipinski definition) is 8. The van der Waals surface area contributed by atoms with Crippen molar-refractivity contribution in [3.05, 3.63) is 54.0 Å². The first-order valence-electron chi connectivity index (χ1n) is 11.5. The summed E-state index contributed by atoms with van der Waals surface area (Å²) >= 11 is 0. The van der Waals surface area contributed by atoms with Crippen molar-refractivity contribution in [2.75, 3.05) is 25.7 Å². The molecule has 0 bridgehead atoms. The van der Waals surface area contributed by atoms with E-state index in [0.29, 0.717) is 28.5 Å². The summed E-state index contributed by atoms with van der Waals surface area (Å²) in [6.45, 7) is 1.80. The molecular formula is C26H26N4O6. The Labute approximate surface area is 207 Å². The topological polar surface area (TPSA) is 138 Å². The van der Waals surface area contributed by atoms with Gasteiger partial charge in [0.15, 0.2) is 0 Å². The van der Waals surface area contributed by atoms with Gasteiger partial charge in [0.2, 0.25) is 0 Å². The van der Waals surface area contributed by atoms with Gasteiger partial charge in [0.1, 0.15) is 46.2 Å². The number of ether oxygens (including phenoxy) is 3. The molecule has 2 atom stereocenters. The zero-order chi connectivity index (χ0) is 25.6. The number of para-hydroxylation sites is 2. The van der Waals surface area contributed by atoms with E-state index < -0.39 is 17.4 Å². The molecule has 5 rings (SSSR count). The second-order valence-corrected chi connectivity index (χ2v) is 8.76. The number of imidazole rings is 1. The van der Waals surface area contributed by atoms with Gasteiger partial charge in [-0.15, -0.1) is 0 Å². The molecule has 0 radical (unpaired) electrons. The van der Waals surface area contributed by atoms with Crippen molar-refractivity contribution in [3.63, 3.8) is 0 Å². The van der Waals surface area contributed by atoms with Crippen LogP contribution in [0, 0.1) is 11.3 Å². The Kier molecular flexibility index (Phi) is 5.66. The number of aliphatic hydroxyl groups is 1. The summed E-state index contributed by atoms with van der Waals surface area (Å²) in [6.07, 6.45) is -0.240. The summed E-state index contributed by atoms with van der Waals surface area (Å²) in [4.78, 5) is 35.0. The van der Waals surface area contributed by atoms with E-state index in [0.717, 1.165) is 5.52 Å². The fourth-order valence-electron chi connectivity index (χ4n) is 5.11. The largest absolute Gasteiger partial charge is 0.509 e. The van der Waals surface area contributed by atoms with Crippen LogP contribution in [0.5, 0.6) is 11.5 Å². The predicted molar refractivity (Wildman–Crippen MR) is 132 cm³/mol. The second kappa shape index (κ2) is 8.71. The Hall–Kier alpha value is -4.34. The van der Waals surface area contributed by atoms with Gasteiger partial charge in [0.25, 0.3) is 0 Å². The van der Waals surface area contributed by atoms with Gasteiger partial charge < -0.3 is 29.2 Å². The van der Waals surface area contributed by atoms with Gasteiger partial charge in [0.05, 0.1) is 43.1 Å². The highest BCUT2D eigenvalue weighted by Gasteiger charge is 2.60. The summed E-state index contributed by atoms with van der Waals surface area (Å²) in [5.41, 5.74) is 0.652. The molecule has 0 saturated heterocycles. The standard InChI is InChI=1S/C26H26N4O6/c1-4-36-25(33)17-12-26(13-20(17)31)22(32)21(24-28-18-7-5-6-8-19(18)29-24)23(27)30(26)14-9-15(34-2)11-16(10-14)35-3/h5-11,17,27,32H,4,12-13H2,1-3H3,(H,28,29). The number of aromatic nitrogens is 2. The molecule has 1 fully saturated rings. The molecule has 186 valence electrons. The number of carbonyl (C=O) groups is 2. The number of carbonyl (C=O) groups excluding carboxylic acids is 2. The van der Waals surface area contributed by atoms with E-state index in [-0.39, 0.29) is 42.4 Å². The van der Waals surface area contributed by atoms with E-state index in [9.17, 15) is 14.7 Å². The van der Waals surface area contributed by atoms with Crippen molar-refractivity contribution in [2.24, 2.45) is 5.92 Å². The summed E-state index contributed by atoms with van der Waals surface area (Å²) < 4.78 is 16.0. The Morgan fingerprint density at radius 1 is 1.22 bits per heavy atom. The van der Waals surface area contributed by atoms with Crippen LogP contribution in [0.1, 0.15) is 25.6 Å². The smallest absolute Gasteiger partial charge is 0.316 e. The molecule has 0 amide bonds.